The van der Waals surface area contributed by atoms with E-state index < -0.39 is 0 Å². The predicted octanol–water partition coefficient (Wildman–Crippen LogP) is 13.1. The fraction of sp³-hybridized carbons (Fsp3) is 0.892. The molecule has 0 aromatic heterocycles. The summed E-state index contributed by atoms with van der Waals surface area (Å²) in [7, 11) is 0. The Morgan fingerprint density at radius 2 is 0.564 bits per heavy atom. The van der Waals surface area contributed by atoms with Gasteiger partial charge in [0.1, 0.15) is 6.79 Å². The largest absolute Gasteiger partial charge is 0.355 e. The van der Waals surface area contributed by atoms with Crippen molar-refractivity contribution >= 4 is 0 Å². The summed E-state index contributed by atoms with van der Waals surface area (Å²) in [6.45, 7) is 6.77. The first-order valence-corrected chi connectivity index (χ1v) is 17.9. The van der Waals surface area contributed by atoms with Gasteiger partial charge < -0.3 is 9.47 Å². The van der Waals surface area contributed by atoms with E-state index in [9.17, 15) is 0 Å². The molecule has 0 saturated carbocycles. The third-order valence-electron chi connectivity index (χ3n) is 7.77. The quantitative estimate of drug-likeness (QED) is 0.0452. The van der Waals surface area contributed by atoms with Gasteiger partial charge in [0.25, 0.3) is 0 Å². The SMILES string of the molecule is CCCCCCCCC=CCCCCCCCCOCOCCCCCCCCC=CCCCCCCCC. The van der Waals surface area contributed by atoms with E-state index in [1.165, 1.54) is 180 Å². The van der Waals surface area contributed by atoms with Crippen molar-refractivity contribution in [2.45, 2.75) is 194 Å². The van der Waals surface area contributed by atoms with Crippen molar-refractivity contribution in [3.8, 4) is 0 Å². The summed E-state index contributed by atoms with van der Waals surface area (Å²) in [4.78, 5) is 0. The molecule has 2 heteroatoms. The third-order valence-corrected chi connectivity index (χ3v) is 7.77. The molecule has 0 bridgehead atoms. The molecule has 0 spiro atoms. The minimum atomic E-state index is 0.482. The van der Waals surface area contributed by atoms with Gasteiger partial charge in [-0.1, -0.05) is 154 Å². The van der Waals surface area contributed by atoms with Gasteiger partial charge in [-0.25, -0.2) is 0 Å². The van der Waals surface area contributed by atoms with Gasteiger partial charge in [0.05, 0.1) is 0 Å². The number of allylic oxidation sites excluding steroid dienone is 4. The zero-order chi connectivity index (χ0) is 28.2. The van der Waals surface area contributed by atoms with Gasteiger partial charge >= 0.3 is 0 Å². The van der Waals surface area contributed by atoms with E-state index >= 15 is 0 Å². The van der Waals surface area contributed by atoms with Crippen molar-refractivity contribution in [1.82, 2.24) is 0 Å². The molecule has 0 unspecified atom stereocenters. The molecule has 0 rings (SSSR count). The van der Waals surface area contributed by atoms with Gasteiger partial charge in [-0.3, -0.25) is 0 Å². The number of ether oxygens (including phenoxy) is 2. The molecule has 0 heterocycles. The highest BCUT2D eigenvalue weighted by Crippen LogP contribution is 2.11. The lowest BCUT2D eigenvalue weighted by Crippen LogP contribution is -2.03. The molecule has 0 aromatic carbocycles. The third kappa shape index (κ3) is 37.4. The number of hydrogen-bond acceptors (Lipinski definition) is 2. The topological polar surface area (TPSA) is 18.5 Å². The van der Waals surface area contributed by atoms with E-state index in [0.29, 0.717) is 6.79 Å². The van der Waals surface area contributed by atoms with E-state index in [-0.39, 0.29) is 0 Å². The average Bonchev–Trinajstić information content (AvgIpc) is 2.95. The van der Waals surface area contributed by atoms with E-state index in [1.807, 2.05) is 0 Å². The Kier molecular flexibility index (Phi) is 36.8. The van der Waals surface area contributed by atoms with Crippen LogP contribution in [0.3, 0.4) is 0 Å². The maximum absolute atomic E-state index is 5.64. The lowest BCUT2D eigenvalue weighted by atomic mass is 10.1. The van der Waals surface area contributed by atoms with Gasteiger partial charge in [0.15, 0.2) is 0 Å². The maximum Gasteiger partial charge on any atom is 0.146 e. The van der Waals surface area contributed by atoms with Crippen LogP contribution >= 0.6 is 0 Å². The number of hydrogen-bond donors (Lipinski definition) is 0. The van der Waals surface area contributed by atoms with Crippen LogP contribution < -0.4 is 0 Å². The predicted molar refractivity (Wildman–Crippen MR) is 176 cm³/mol. The fourth-order valence-electron chi connectivity index (χ4n) is 5.08. The van der Waals surface area contributed by atoms with Crippen LogP contribution in [0.15, 0.2) is 24.3 Å². The molecule has 232 valence electrons. The summed E-state index contributed by atoms with van der Waals surface area (Å²) in [5.41, 5.74) is 0. The summed E-state index contributed by atoms with van der Waals surface area (Å²) in [6.07, 6.45) is 47.4. The Balaban J connectivity index is 3.09. The minimum Gasteiger partial charge on any atom is -0.355 e. The smallest absolute Gasteiger partial charge is 0.146 e. The zero-order valence-corrected chi connectivity index (χ0v) is 27.0. The highest BCUT2D eigenvalue weighted by molar-refractivity contribution is 4.82. The van der Waals surface area contributed by atoms with Gasteiger partial charge in [-0.15, -0.1) is 0 Å². The molecular weight excluding hydrogens is 476 g/mol. The average molecular weight is 549 g/mol. The second kappa shape index (κ2) is 37.4. The Morgan fingerprint density at radius 3 is 0.872 bits per heavy atom. The van der Waals surface area contributed by atoms with Crippen LogP contribution in [0.5, 0.6) is 0 Å². The van der Waals surface area contributed by atoms with Crippen LogP contribution in [0.1, 0.15) is 194 Å². The molecule has 0 atom stereocenters. The lowest BCUT2D eigenvalue weighted by Gasteiger charge is -2.06. The van der Waals surface area contributed by atoms with Crippen molar-refractivity contribution < 1.29 is 9.47 Å². The maximum atomic E-state index is 5.64. The monoisotopic (exact) mass is 549 g/mol. The second-order valence-corrected chi connectivity index (χ2v) is 11.8. The summed E-state index contributed by atoms with van der Waals surface area (Å²) in [5, 5.41) is 0. The normalized spacial score (nSPS) is 11.9. The first-order valence-electron chi connectivity index (χ1n) is 17.9. The van der Waals surface area contributed by atoms with Crippen LogP contribution in [-0.2, 0) is 9.47 Å². The Labute approximate surface area is 247 Å². The summed E-state index contributed by atoms with van der Waals surface area (Å²) in [6, 6.07) is 0. The van der Waals surface area contributed by atoms with Gasteiger partial charge in [0.2, 0.25) is 0 Å². The van der Waals surface area contributed by atoms with Crippen molar-refractivity contribution in [2.24, 2.45) is 0 Å². The van der Waals surface area contributed by atoms with Crippen molar-refractivity contribution in [2.75, 3.05) is 20.0 Å². The number of unbranched alkanes of at least 4 members (excludes halogenated alkanes) is 24. The van der Waals surface area contributed by atoms with Crippen LogP contribution in [0.4, 0.5) is 0 Å². The summed E-state index contributed by atoms with van der Waals surface area (Å²) >= 11 is 0. The Bertz CT molecular complexity index is 428. The van der Waals surface area contributed by atoms with E-state index in [0.717, 1.165) is 13.2 Å². The molecule has 0 radical (unpaired) electrons. The molecule has 0 aliphatic heterocycles. The number of rotatable bonds is 34. The molecule has 0 saturated heterocycles. The molecule has 0 fully saturated rings. The van der Waals surface area contributed by atoms with Gasteiger partial charge in [0, 0.05) is 13.2 Å². The van der Waals surface area contributed by atoms with Crippen LogP contribution in [0, 0.1) is 0 Å². The molecule has 0 N–H and O–H groups in total. The van der Waals surface area contributed by atoms with Crippen molar-refractivity contribution in [1.29, 1.82) is 0 Å². The fourth-order valence-corrected chi connectivity index (χ4v) is 5.08. The van der Waals surface area contributed by atoms with Crippen molar-refractivity contribution in [3.63, 3.8) is 0 Å². The standard InChI is InChI=1S/C37H72O2/c1-3-5-7-9-11-13-15-17-19-21-23-25-27-29-31-33-35-38-37-39-36-34-32-30-28-26-24-22-20-18-16-14-12-10-8-6-4-2/h17-20H,3-16,21-37H2,1-2H3. The van der Waals surface area contributed by atoms with Gasteiger partial charge in [-0.05, 0) is 64.2 Å². The molecule has 39 heavy (non-hydrogen) atoms. The minimum absolute atomic E-state index is 0.482. The highest BCUT2D eigenvalue weighted by Gasteiger charge is 1.95. The molecule has 0 aliphatic carbocycles. The van der Waals surface area contributed by atoms with E-state index in [4.69, 9.17) is 9.47 Å². The molecule has 0 aliphatic rings. The molecule has 0 amide bonds. The second-order valence-electron chi connectivity index (χ2n) is 11.8. The molecular formula is C37H72O2. The summed E-state index contributed by atoms with van der Waals surface area (Å²) in [5.74, 6) is 0. The molecule has 2 nitrogen and oxygen atoms in total. The van der Waals surface area contributed by atoms with E-state index in [2.05, 4.69) is 38.2 Å². The van der Waals surface area contributed by atoms with Crippen LogP contribution in [0.2, 0.25) is 0 Å². The van der Waals surface area contributed by atoms with Crippen molar-refractivity contribution in [3.05, 3.63) is 24.3 Å². The van der Waals surface area contributed by atoms with Crippen LogP contribution in [-0.4, -0.2) is 20.0 Å². The first kappa shape index (κ1) is 38.4. The van der Waals surface area contributed by atoms with Crippen LogP contribution in [0.25, 0.3) is 0 Å². The lowest BCUT2D eigenvalue weighted by molar-refractivity contribution is -0.0556. The highest BCUT2D eigenvalue weighted by atomic mass is 16.7. The zero-order valence-electron chi connectivity index (χ0n) is 27.0. The van der Waals surface area contributed by atoms with E-state index in [1.54, 1.807) is 0 Å². The molecule has 0 aromatic rings. The van der Waals surface area contributed by atoms with Gasteiger partial charge in [-0.2, -0.15) is 0 Å². The summed E-state index contributed by atoms with van der Waals surface area (Å²) < 4.78 is 11.3. The first-order chi connectivity index (χ1) is 19.4. The Hall–Kier alpha value is -0.600. The Morgan fingerprint density at radius 1 is 0.308 bits per heavy atom.